The van der Waals surface area contributed by atoms with Crippen molar-refractivity contribution in [1.82, 2.24) is 14.5 Å². The number of nitrogens with one attached hydrogen (secondary N) is 1. The highest BCUT2D eigenvalue weighted by atomic mass is 35.5. The van der Waals surface area contributed by atoms with Gasteiger partial charge in [0, 0.05) is 24.6 Å². The van der Waals surface area contributed by atoms with Crippen LogP contribution in [0.25, 0.3) is 0 Å². The zero-order chi connectivity index (χ0) is 19.9. The molecule has 0 spiro atoms. The standard InChI is InChI=1S/C18H21ClN4O3S2/c1-11-3-2-8-23(10-11)28(25,26)15-9-13(6-7-14(15)19)16(24)20-18-22-21-17(27-18)12-4-5-12/h6-7,9,11-12H,2-5,8,10H2,1H3,(H,20,22,24). The van der Waals surface area contributed by atoms with Crippen molar-refractivity contribution in [1.29, 1.82) is 0 Å². The molecule has 1 atom stereocenters. The largest absolute Gasteiger partial charge is 0.296 e. The molecule has 2 fully saturated rings. The van der Waals surface area contributed by atoms with E-state index in [1.54, 1.807) is 0 Å². The SMILES string of the molecule is CC1CCCN(S(=O)(=O)c2cc(C(=O)Nc3nnc(C4CC4)s3)ccc2Cl)C1. The summed E-state index contributed by atoms with van der Waals surface area (Å²) < 4.78 is 27.6. The third-order valence-electron chi connectivity index (χ3n) is 5.02. The molecular weight excluding hydrogens is 420 g/mol. The number of carbonyl (C=O) groups is 1. The zero-order valence-electron chi connectivity index (χ0n) is 15.4. The van der Waals surface area contributed by atoms with E-state index in [1.165, 1.54) is 33.8 Å². The lowest BCUT2D eigenvalue weighted by molar-refractivity contribution is 0.102. The van der Waals surface area contributed by atoms with E-state index in [-0.39, 0.29) is 15.5 Å². The molecule has 1 aromatic heterocycles. The molecule has 7 nitrogen and oxygen atoms in total. The second-order valence-electron chi connectivity index (χ2n) is 7.43. The van der Waals surface area contributed by atoms with Gasteiger partial charge in [0.2, 0.25) is 15.2 Å². The first-order valence-corrected chi connectivity index (χ1v) is 11.9. The first-order valence-electron chi connectivity index (χ1n) is 9.29. The van der Waals surface area contributed by atoms with E-state index < -0.39 is 15.9 Å². The van der Waals surface area contributed by atoms with Gasteiger partial charge in [0.05, 0.1) is 5.02 Å². The lowest BCUT2D eigenvalue weighted by Gasteiger charge is -2.30. The molecule has 1 aromatic carbocycles. The van der Waals surface area contributed by atoms with Gasteiger partial charge in [-0.2, -0.15) is 4.31 Å². The minimum atomic E-state index is -3.76. The summed E-state index contributed by atoms with van der Waals surface area (Å²) in [5, 5.41) is 12.2. The number of carbonyl (C=O) groups excluding carboxylic acids is 1. The number of amides is 1. The quantitative estimate of drug-likeness (QED) is 0.764. The predicted octanol–water partition coefficient (Wildman–Crippen LogP) is 3.74. The smallest absolute Gasteiger partial charge is 0.257 e. The van der Waals surface area contributed by atoms with Gasteiger partial charge in [-0.05, 0) is 49.8 Å². The molecule has 4 rings (SSSR count). The molecule has 1 aliphatic carbocycles. The van der Waals surface area contributed by atoms with Crippen molar-refractivity contribution in [3.05, 3.63) is 33.8 Å². The molecule has 1 saturated heterocycles. The molecule has 1 aliphatic heterocycles. The van der Waals surface area contributed by atoms with Crippen LogP contribution in [0.2, 0.25) is 5.02 Å². The number of piperidine rings is 1. The van der Waals surface area contributed by atoms with E-state index in [0.29, 0.717) is 30.1 Å². The van der Waals surface area contributed by atoms with Gasteiger partial charge in [-0.1, -0.05) is 29.9 Å². The van der Waals surface area contributed by atoms with Gasteiger partial charge >= 0.3 is 0 Å². The van der Waals surface area contributed by atoms with E-state index in [2.05, 4.69) is 15.5 Å². The lowest BCUT2D eigenvalue weighted by atomic mass is 10.0. The van der Waals surface area contributed by atoms with Gasteiger partial charge in [-0.3, -0.25) is 10.1 Å². The molecule has 1 saturated carbocycles. The maximum Gasteiger partial charge on any atom is 0.257 e. The van der Waals surface area contributed by atoms with Crippen molar-refractivity contribution >= 4 is 44.0 Å². The fraction of sp³-hybridized carbons (Fsp3) is 0.500. The van der Waals surface area contributed by atoms with E-state index in [1.807, 2.05) is 6.92 Å². The van der Waals surface area contributed by atoms with Crippen LogP contribution in [0.5, 0.6) is 0 Å². The Morgan fingerprint density at radius 2 is 2.07 bits per heavy atom. The Bertz CT molecular complexity index is 1000. The molecule has 2 aliphatic rings. The molecule has 1 unspecified atom stereocenters. The summed E-state index contributed by atoms with van der Waals surface area (Å²) in [6, 6.07) is 4.31. The fourth-order valence-electron chi connectivity index (χ4n) is 3.30. The third kappa shape index (κ3) is 4.07. The van der Waals surface area contributed by atoms with Crippen LogP contribution >= 0.6 is 22.9 Å². The van der Waals surface area contributed by atoms with E-state index in [4.69, 9.17) is 11.6 Å². The van der Waals surface area contributed by atoms with Gasteiger partial charge in [-0.25, -0.2) is 8.42 Å². The Kier molecular flexibility index (Phi) is 5.43. The minimum Gasteiger partial charge on any atom is -0.296 e. The molecule has 1 amide bonds. The average Bonchev–Trinajstić information content (AvgIpc) is 3.41. The minimum absolute atomic E-state index is 0.0353. The molecule has 28 heavy (non-hydrogen) atoms. The topological polar surface area (TPSA) is 92.3 Å². The first kappa shape index (κ1) is 19.8. The Morgan fingerprint density at radius 1 is 1.29 bits per heavy atom. The van der Waals surface area contributed by atoms with Crippen molar-refractivity contribution in [3.8, 4) is 0 Å². The van der Waals surface area contributed by atoms with Gasteiger partial charge < -0.3 is 0 Å². The van der Waals surface area contributed by atoms with Gasteiger partial charge in [0.15, 0.2) is 0 Å². The molecule has 0 radical (unpaired) electrons. The molecule has 2 heterocycles. The maximum absolute atomic E-state index is 13.1. The van der Waals surface area contributed by atoms with Crippen LogP contribution in [0.15, 0.2) is 23.1 Å². The van der Waals surface area contributed by atoms with Crippen molar-refractivity contribution in [2.45, 2.75) is 43.4 Å². The summed E-state index contributed by atoms with van der Waals surface area (Å²) in [6.07, 6.45) is 4.04. The van der Waals surface area contributed by atoms with Gasteiger partial charge in [-0.15, -0.1) is 10.2 Å². The van der Waals surface area contributed by atoms with E-state index in [0.717, 1.165) is 30.7 Å². The van der Waals surface area contributed by atoms with Crippen LogP contribution in [0.4, 0.5) is 5.13 Å². The van der Waals surface area contributed by atoms with Crippen LogP contribution < -0.4 is 5.32 Å². The van der Waals surface area contributed by atoms with Crippen molar-refractivity contribution in [2.75, 3.05) is 18.4 Å². The molecule has 10 heteroatoms. The van der Waals surface area contributed by atoms with Crippen LogP contribution in [-0.2, 0) is 10.0 Å². The van der Waals surface area contributed by atoms with E-state index >= 15 is 0 Å². The van der Waals surface area contributed by atoms with Crippen molar-refractivity contribution in [3.63, 3.8) is 0 Å². The monoisotopic (exact) mass is 440 g/mol. The number of hydrogen-bond acceptors (Lipinski definition) is 6. The Labute approximate surface area is 173 Å². The summed E-state index contributed by atoms with van der Waals surface area (Å²) in [7, 11) is -3.76. The van der Waals surface area contributed by atoms with Crippen LogP contribution in [0.1, 0.15) is 53.9 Å². The van der Waals surface area contributed by atoms with Crippen LogP contribution in [0, 0.1) is 5.92 Å². The lowest BCUT2D eigenvalue weighted by Crippen LogP contribution is -2.39. The molecule has 150 valence electrons. The number of sulfonamides is 1. The number of aromatic nitrogens is 2. The number of anilines is 1. The summed E-state index contributed by atoms with van der Waals surface area (Å²) >= 11 is 7.54. The number of nitrogens with zero attached hydrogens (tertiary/aromatic N) is 3. The molecule has 0 bridgehead atoms. The Morgan fingerprint density at radius 3 is 2.79 bits per heavy atom. The highest BCUT2D eigenvalue weighted by molar-refractivity contribution is 7.89. The summed E-state index contributed by atoms with van der Waals surface area (Å²) in [5.74, 6) is 0.327. The highest BCUT2D eigenvalue weighted by Crippen LogP contribution is 2.42. The normalized spacial score (nSPS) is 20.9. The molecule has 1 N–H and O–H groups in total. The maximum atomic E-state index is 13.1. The predicted molar refractivity (Wildman–Crippen MR) is 108 cm³/mol. The summed E-state index contributed by atoms with van der Waals surface area (Å²) in [6.45, 7) is 2.96. The first-order chi connectivity index (χ1) is 13.3. The van der Waals surface area contributed by atoms with E-state index in [9.17, 15) is 13.2 Å². The Balaban J connectivity index is 1.56. The second-order valence-corrected chi connectivity index (χ2v) is 10.8. The number of halogens is 1. The highest BCUT2D eigenvalue weighted by Gasteiger charge is 2.31. The second kappa shape index (κ2) is 7.70. The summed E-state index contributed by atoms with van der Waals surface area (Å²) in [5.41, 5.74) is 0.219. The number of benzene rings is 1. The number of rotatable bonds is 5. The third-order valence-corrected chi connectivity index (χ3v) is 8.37. The average molecular weight is 441 g/mol. The molecular formula is C18H21ClN4O3S2. The fourth-order valence-corrected chi connectivity index (χ4v) is 6.30. The van der Waals surface area contributed by atoms with Crippen LogP contribution in [-0.4, -0.2) is 41.9 Å². The Hall–Kier alpha value is -1.55. The van der Waals surface area contributed by atoms with Crippen molar-refractivity contribution < 1.29 is 13.2 Å². The van der Waals surface area contributed by atoms with Crippen LogP contribution in [0.3, 0.4) is 0 Å². The summed E-state index contributed by atoms with van der Waals surface area (Å²) in [4.78, 5) is 12.6. The zero-order valence-corrected chi connectivity index (χ0v) is 17.8. The number of hydrogen-bond donors (Lipinski definition) is 1. The molecule has 2 aromatic rings. The van der Waals surface area contributed by atoms with Gasteiger partial charge in [0.25, 0.3) is 5.91 Å². The van der Waals surface area contributed by atoms with Crippen molar-refractivity contribution in [2.24, 2.45) is 5.92 Å². The van der Waals surface area contributed by atoms with Gasteiger partial charge in [0.1, 0.15) is 9.90 Å².